The van der Waals surface area contributed by atoms with Crippen molar-refractivity contribution in [3.05, 3.63) is 87.3 Å². The molecule has 3 heteroatoms. The Hall–Kier alpha value is -2.26. The van der Waals surface area contributed by atoms with E-state index in [0.717, 1.165) is 39.3 Å². The molecule has 0 aromatic heterocycles. The van der Waals surface area contributed by atoms with Crippen LogP contribution in [0.4, 0.5) is 0 Å². The van der Waals surface area contributed by atoms with Gasteiger partial charge in [-0.05, 0) is 0 Å². The molecule has 0 saturated carbocycles. The van der Waals surface area contributed by atoms with Crippen LogP contribution in [0, 0.1) is 0 Å². The highest BCUT2D eigenvalue weighted by Gasteiger charge is 2.46. The number of rotatable bonds is 15. The molecule has 1 rings (SSSR count). The van der Waals surface area contributed by atoms with E-state index in [9.17, 15) is 0 Å². The smallest absolute Gasteiger partial charge is 0.0945 e. The zero-order valence-corrected chi connectivity index (χ0v) is 14.9. The molecule has 0 unspecified atom stereocenters. The molecule has 0 saturated heterocycles. The van der Waals surface area contributed by atoms with E-state index in [1.165, 1.54) is 11.4 Å². The van der Waals surface area contributed by atoms with Crippen LogP contribution in [0.15, 0.2) is 87.3 Å². The average Bonchev–Trinajstić information content (AvgIpc) is 3.29. The minimum atomic E-state index is 0.265. The number of hydrogen-bond acceptors (Lipinski definition) is 3. The summed E-state index contributed by atoms with van der Waals surface area (Å²) >= 11 is 0. The lowest BCUT2D eigenvalue weighted by Crippen LogP contribution is -2.35. The summed E-state index contributed by atoms with van der Waals surface area (Å²) in [7, 11) is 0. The summed E-state index contributed by atoms with van der Waals surface area (Å²) in [6.45, 7) is 28.2. The van der Waals surface area contributed by atoms with E-state index in [0.29, 0.717) is 0 Å². The molecule has 0 N–H and O–H groups in total. The summed E-state index contributed by atoms with van der Waals surface area (Å²) in [6, 6.07) is 0.265. The molecule has 0 fully saturated rings. The third-order valence-corrected chi connectivity index (χ3v) is 3.87. The van der Waals surface area contributed by atoms with Crippen molar-refractivity contribution >= 4 is 0 Å². The van der Waals surface area contributed by atoms with Crippen molar-refractivity contribution in [2.75, 3.05) is 39.3 Å². The third kappa shape index (κ3) is 4.87. The summed E-state index contributed by atoms with van der Waals surface area (Å²) in [5, 5.41) is 0. The van der Waals surface area contributed by atoms with Gasteiger partial charge in [-0.2, -0.15) is 0 Å². The molecular formula is C21H31N3. The van der Waals surface area contributed by atoms with E-state index in [1.807, 2.05) is 36.5 Å². The Morgan fingerprint density at radius 3 is 1.08 bits per heavy atom. The molecule has 0 bridgehead atoms. The second-order valence-corrected chi connectivity index (χ2v) is 5.67. The predicted molar refractivity (Wildman–Crippen MR) is 107 cm³/mol. The van der Waals surface area contributed by atoms with Gasteiger partial charge in [0.1, 0.15) is 0 Å². The van der Waals surface area contributed by atoms with E-state index in [2.05, 4.69) is 54.2 Å². The average molecular weight is 326 g/mol. The first-order chi connectivity index (χ1) is 11.7. The van der Waals surface area contributed by atoms with Crippen LogP contribution in [0.1, 0.15) is 0 Å². The van der Waals surface area contributed by atoms with Gasteiger partial charge in [0.15, 0.2) is 0 Å². The molecule has 0 aromatic carbocycles. The van der Waals surface area contributed by atoms with Gasteiger partial charge < -0.3 is 9.80 Å². The first-order valence-electron chi connectivity index (χ1n) is 8.33. The van der Waals surface area contributed by atoms with E-state index in [4.69, 9.17) is 0 Å². The largest absolute Gasteiger partial charge is 0.364 e. The number of nitrogens with zero attached hydrogens (tertiary/aromatic N) is 3. The highest BCUT2D eigenvalue weighted by atomic mass is 15.3. The highest BCUT2D eigenvalue weighted by molar-refractivity contribution is 5.46. The summed E-state index contributed by atoms with van der Waals surface area (Å²) in [5.74, 6) is 0. The van der Waals surface area contributed by atoms with Crippen molar-refractivity contribution in [1.82, 2.24) is 14.7 Å². The van der Waals surface area contributed by atoms with Crippen molar-refractivity contribution < 1.29 is 0 Å². The van der Waals surface area contributed by atoms with Crippen LogP contribution in [-0.4, -0.2) is 60.0 Å². The van der Waals surface area contributed by atoms with Gasteiger partial charge in [0.25, 0.3) is 0 Å². The second-order valence-electron chi connectivity index (χ2n) is 5.67. The van der Waals surface area contributed by atoms with Crippen molar-refractivity contribution in [1.29, 1.82) is 0 Å². The summed E-state index contributed by atoms with van der Waals surface area (Å²) in [4.78, 5) is 7.00. The Morgan fingerprint density at radius 1 is 0.542 bits per heavy atom. The van der Waals surface area contributed by atoms with Gasteiger partial charge in [0.05, 0.1) is 17.4 Å². The Kier molecular flexibility index (Phi) is 8.66. The third-order valence-electron chi connectivity index (χ3n) is 3.87. The topological polar surface area (TPSA) is 9.72 Å². The fraction of sp³-hybridized carbons (Fsp3) is 0.333. The van der Waals surface area contributed by atoms with E-state index in [1.54, 1.807) is 0 Å². The molecule has 130 valence electrons. The molecule has 24 heavy (non-hydrogen) atoms. The summed E-state index contributed by atoms with van der Waals surface area (Å²) in [6.07, 6.45) is 11.6. The first-order valence-corrected chi connectivity index (χ1v) is 8.33. The molecule has 1 aliphatic carbocycles. The molecule has 0 aromatic rings. The van der Waals surface area contributed by atoms with Crippen molar-refractivity contribution in [2.45, 2.75) is 6.04 Å². The Labute approximate surface area is 147 Å². The molecule has 0 atom stereocenters. The molecule has 3 nitrogen and oxygen atoms in total. The molecular weight excluding hydrogens is 294 g/mol. The predicted octanol–water partition coefficient (Wildman–Crippen LogP) is 3.60. The van der Waals surface area contributed by atoms with E-state index >= 15 is 0 Å². The molecule has 0 spiro atoms. The maximum atomic E-state index is 3.89. The van der Waals surface area contributed by atoms with Crippen LogP contribution >= 0.6 is 0 Å². The normalized spacial score (nSPS) is 13.4. The van der Waals surface area contributed by atoms with Gasteiger partial charge >= 0.3 is 0 Å². The van der Waals surface area contributed by atoms with Crippen molar-refractivity contribution in [3.63, 3.8) is 0 Å². The van der Waals surface area contributed by atoms with Gasteiger partial charge in [-0.15, -0.1) is 39.5 Å². The molecule has 1 aliphatic rings. The molecule has 0 radical (unpaired) electrons. The Balaban J connectivity index is 3.16. The SMILES string of the molecule is C=CCN(CC=C)C1=C(N(CC=C)CC=C)C1N(CC=C)CC=C. The van der Waals surface area contributed by atoms with Crippen molar-refractivity contribution in [3.8, 4) is 0 Å². The zero-order valence-electron chi connectivity index (χ0n) is 14.9. The van der Waals surface area contributed by atoms with Gasteiger partial charge in [0, 0.05) is 39.3 Å². The maximum Gasteiger partial charge on any atom is 0.0945 e. The van der Waals surface area contributed by atoms with Crippen LogP contribution in [0.25, 0.3) is 0 Å². The molecule has 0 heterocycles. The highest BCUT2D eigenvalue weighted by Crippen LogP contribution is 2.41. The van der Waals surface area contributed by atoms with Gasteiger partial charge in [-0.1, -0.05) is 36.5 Å². The van der Waals surface area contributed by atoms with Crippen LogP contribution in [0.2, 0.25) is 0 Å². The Morgan fingerprint density at radius 2 is 0.833 bits per heavy atom. The summed E-state index contributed by atoms with van der Waals surface area (Å²) < 4.78 is 0. The van der Waals surface area contributed by atoms with Gasteiger partial charge in [0.2, 0.25) is 0 Å². The summed E-state index contributed by atoms with van der Waals surface area (Å²) in [5.41, 5.74) is 2.64. The first kappa shape index (κ1) is 19.8. The maximum absolute atomic E-state index is 3.89. The number of hydrogen-bond donors (Lipinski definition) is 0. The fourth-order valence-electron chi connectivity index (χ4n) is 2.99. The van der Waals surface area contributed by atoms with Crippen LogP contribution < -0.4 is 0 Å². The van der Waals surface area contributed by atoms with Gasteiger partial charge in [-0.3, -0.25) is 4.90 Å². The minimum Gasteiger partial charge on any atom is -0.364 e. The van der Waals surface area contributed by atoms with Crippen LogP contribution in [0.3, 0.4) is 0 Å². The monoisotopic (exact) mass is 325 g/mol. The second kappa shape index (κ2) is 10.5. The lowest BCUT2D eigenvalue weighted by Gasteiger charge is -2.26. The van der Waals surface area contributed by atoms with Gasteiger partial charge in [-0.25, -0.2) is 0 Å². The van der Waals surface area contributed by atoms with Crippen molar-refractivity contribution in [2.24, 2.45) is 0 Å². The lowest BCUT2D eigenvalue weighted by atomic mass is 10.3. The van der Waals surface area contributed by atoms with Crippen LogP contribution in [-0.2, 0) is 0 Å². The fourth-order valence-corrected chi connectivity index (χ4v) is 2.99. The standard InChI is InChI=1S/C21H31N3/c1-7-13-22(14-8-2)19-20(23(15-9-3)16-10-4)21(19)24(17-11-5)18-12-6/h7-12,19H,1-6,13-18H2. The zero-order chi connectivity index (χ0) is 17.9. The van der Waals surface area contributed by atoms with E-state index in [-0.39, 0.29) is 6.04 Å². The quantitative estimate of drug-likeness (QED) is 0.426. The van der Waals surface area contributed by atoms with E-state index < -0.39 is 0 Å². The molecule has 0 aliphatic heterocycles. The lowest BCUT2D eigenvalue weighted by molar-refractivity contribution is 0.282. The minimum absolute atomic E-state index is 0.265. The van der Waals surface area contributed by atoms with Crippen LogP contribution in [0.5, 0.6) is 0 Å². The Bertz CT molecular complexity index is 451. The molecule has 0 amide bonds.